The van der Waals surface area contributed by atoms with Crippen LogP contribution in [0.5, 0.6) is 5.75 Å². The van der Waals surface area contributed by atoms with E-state index in [1.165, 1.54) is 31.5 Å². The Labute approximate surface area is 129 Å². The van der Waals surface area contributed by atoms with Gasteiger partial charge in [0.25, 0.3) is 0 Å². The van der Waals surface area contributed by atoms with E-state index in [-0.39, 0.29) is 0 Å². The molecule has 116 valence electrons. The van der Waals surface area contributed by atoms with Gasteiger partial charge in [-0.05, 0) is 44.5 Å². The van der Waals surface area contributed by atoms with E-state index in [1.54, 1.807) is 6.08 Å². The van der Waals surface area contributed by atoms with Gasteiger partial charge in [-0.1, -0.05) is 37.8 Å². The Morgan fingerprint density at radius 1 is 1.33 bits per heavy atom. The predicted molar refractivity (Wildman–Crippen MR) is 88.7 cm³/mol. The molecule has 1 heterocycles. The lowest BCUT2D eigenvalue weighted by molar-refractivity contribution is 0.136. The van der Waals surface area contributed by atoms with E-state index in [1.807, 2.05) is 12.1 Å². The SMILES string of the molecule is C=CCOc1ccccc1CNCC1(C)CCN(C)CC1. The molecule has 0 atom stereocenters. The molecule has 0 amide bonds. The van der Waals surface area contributed by atoms with E-state index >= 15 is 0 Å². The second-order valence-corrected chi connectivity index (χ2v) is 6.42. The minimum Gasteiger partial charge on any atom is -0.489 e. The van der Waals surface area contributed by atoms with Gasteiger partial charge in [0, 0.05) is 18.7 Å². The first-order valence-electron chi connectivity index (χ1n) is 7.84. The molecule has 0 unspecified atom stereocenters. The predicted octanol–water partition coefficient (Wildman–Crippen LogP) is 3.07. The van der Waals surface area contributed by atoms with E-state index in [0.717, 1.165) is 18.8 Å². The van der Waals surface area contributed by atoms with Gasteiger partial charge in [0.1, 0.15) is 12.4 Å². The Bertz CT molecular complexity index is 450. The maximum Gasteiger partial charge on any atom is 0.124 e. The third-order valence-electron chi connectivity index (χ3n) is 4.39. The molecule has 0 saturated carbocycles. The third kappa shape index (κ3) is 4.87. The second kappa shape index (κ2) is 7.62. The molecule has 0 radical (unpaired) electrons. The quantitative estimate of drug-likeness (QED) is 0.780. The van der Waals surface area contributed by atoms with Crippen molar-refractivity contribution in [2.24, 2.45) is 5.41 Å². The fourth-order valence-electron chi connectivity index (χ4n) is 2.77. The van der Waals surface area contributed by atoms with Gasteiger partial charge in [-0.25, -0.2) is 0 Å². The highest BCUT2D eigenvalue weighted by Crippen LogP contribution is 2.29. The standard InChI is InChI=1S/C18H28N2O/c1-4-13-21-17-8-6-5-7-16(17)14-19-15-18(2)9-11-20(3)12-10-18/h4-8,19H,1,9-15H2,2-3H3. The summed E-state index contributed by atoms with van der Waals surface area (Å²) < 4.78 is 5.70. The number of nitrogens with zero attached hydrogens (tertiary/aromatic N) is 1. The summed E-state index contributed by atoms with van der Waals surface area (Å²) in [5, 5.41) is 3.62. The lowest BCUT2D eigenvalue weighted by Gasteiger charge is -2.38. The van der Waals surface area contributed by atoms with Gasteiger partial charge in [0.2, 0.25) is 0 Å². The average molecular weight is 288 g/mol. The summed E-state index contributed by atoms with van der Waals surface area (Å²) in [6, 6.07) is 8.23. The van der Waals surface area contributed by atoms with Gasteiger partial charge in [-0.15, -0.1) is 0 Å². The molecule has 0 aliphatic carbocycles. The zero-order chi connectivity index (χ0) is 15.1. The zero-order valence-electron chi connectivity index (χ0n) is 13.4. The van der Waals surface area contributed by atoms with Crippen molar-refractivity contribution in [1.82, 2.24) is 10.2 Å². The second-order valence-electron chi connectivity index (χ2n) is 6.42. The molecule has 0 bridgehead atoms. The number of ether oxygens (including phenoxy) is 1. The monoisotopic (exact) mass is 288 g/mol. The van der Waals surface area contributed by atoms with Crippen molar-refractivity contribution in [3.8, 4) is 5.75 Å². The van der Waals surface area contributed by atoms with Crippen LogP contribution in [-0.4, -0.2) is 38.2 Å². The number of rotatable bonds is 7. The molecule has 1 aromatic rings. The van der Waals surface area contributed by atoms with Crippen LogP contribution in [-0.2, 0) is 6.54 Å². The first-order chi connectivity index (χ1) is 10.1. The summed E-state index contributed by atoms with van der Waals surface area (Å²) in [6.07, 6.45) is 4.32. The smallest absolute Gasteiger partial charge is 0.124 e. The Balaban J connectivity index is 1.84. The number of para-hydroxylation sites is 1. The van der Waals surface area contributed by atoms with Crippen LogP contribution in [0.2, 0.25) is 0 Å². The fraction of sp³-hybridized carbons (Fsp3) is 0.556. The lowest BCUT2D eigenvalue weighted by Crippen LogP contribution is -2.41. The molecule has 1 fully saturated rings. The largest absolute Gasteiger partial charge is 0.489 e. The van der Waals surface area contributed by atoms with Crippen molar-refractivity contribution in [1.29, 1.82) is 0 Å². The molecule has 3 nitrogen and oxygen atoms in total. The maximum atomic E-state index is 5.70. The molecule has 0 spiro atoms. The summed E-state index contributed by atoms with van der Waals surface area (Å²) in [5.74, 6) is 0.957. The molecule has 1 aliphatic rings. The number of likely N-dealkylation sites (tertiary alicyclic amines) is 1. The van der Waals surface area contributed by atoms with Crippen LogP contribution in [0.25, 0.3) is 0 Å². The van der Waals surface area contributed by atoms with Gasteiger partial charge < -0.3 is 15.0 Å². The normalized spacial score (nSPS) is 18.4. The number of benzene rings is 1. The number of hydrogen-bond acceptors (Lipinski definition) is 3. The van der Waals surface area contributed by atoms with Crippen LogP contribution in [0.1, 0.15) is 25.3 Å². The number of nitrogens with one attached hydrogen (secondary N) is 1. The molecule has 1 aromatic carbocycles. The van der Waals surface area contributed by atoms with Gasteiger partial charge in [0.05, 0.1) is 0 Å². The summed E-state index contributed by atoms with van der Waals surface area (Å²) in [6.45, 7) is 11.0. The summed E-state index contributed by atoms with van der Waals surface area (Å²) in [5.41, 5.74) is 1.64. The lowest BCUT2D eigenvalue weighted by atomic mass is 9.80. The molecule has 21 heavy (non-hydrogen) atoms. The van der Waals surface area contributed by atoms with Crippen LogP contribution in [0.4, 0.5) is 0 Å². The fourth-order valence-corrected chi connectivity index (χ4v) is 2.77. The van der Waals surface area contributed by atoms with Crippen LogP contribution in [0.15, 0.2) is 36.9 Å². The highest BCUT2D eigenvalue weighted by molar-refractivity contribution is 5.33. The summed E-state index contributed by atoms with van der Waals surface area (Å²) in [7, 11) is 2.21. The average Bonchev–Trinajstić information content (AvgIpc) is 2.50. The van der Waals surface area contributed by atoms with Gasteiger partial charge >= 0.3 is 0 Å². The molecule has 1 N–H and O–H groups in total. The molecule has 0 aromatic heterocycles. The van der Waals surface area contributed by atoms with Gasteiger partial charge in [-0.3, -0.25) is 0 Å². The maximum absolute atomic E-state index is 5.70. The Hall–Kier alpha value is -1.32. The van der Waals surface area contributed by atoms with Crippen molar-refractivity contribution < 1.29 is 4.74 Å². The van der Waals surface area contributed by atoms with Gasteiger partial charge in [0.15, 0.2) is 0 Å². The van der Waals surface area contributed by atoms with Crippen LogP contribution < -0.4 is 10.1 Å². The molecule has 1 saturated heterocycles. The molecule has 2 rings (SSSR count). The Morgan fingerprint density at radius 2 is 2.05 bits per heavy atom. The molecule has 3 heteroatoms. The first-order valence-corrected chi connectivity index (χ1v) is 7.84. The topological polar surface area (TPSA) is 24.5 Å². The molecule has 1 aliphatic heterocycles. The van der Waals surface area contributed by atoms with Crippen LogP contribution in [0.3, 0.4) is 0 Å². The molecular formula is C18H28N2O. The van der Waals surface area contributed by atoms with Crippen molar-refractivity contribution >= 4 is 0 Å². The molecular weight excluding hydrogens is 260 g/mol. The Kier molecular flexibility index (Phi) is 5.83. The highest BCUT2D eigenvalue weighted by atomic mass is 16.5. The van der Waals surface area contributed by atoms with E-state index in [0.29, 0.717) is 12.0 Å². The minimum atomic E-state index is 0.420. The van der Waals surface area contributed by atoms with Crippen molar-refractivity contribution in [2.45, 2.75) is 26.3 Å². The van der Waals surface area contributed by atoms with Crippen molar-refractivity contribution in [3.05, 3.63) is 42.5 Å². The van der Waals surface area contributed by atoms with Crippen LogP contribution in [0, 0.1) is 5.41 Å². The van der Waals surface area contributed by atoms with E-state index in [4.69, 9.17) is 4.74 Å². The van der Waals surface area contributed by atoms with E-state index in [2.05, 4.69) is 42.9 Å². The first kappa shape index (κ1) is 16.1. The minimum absolute atomic E-state index is 0.420. The van der Waals surface area contributed by atoms with Crippen molar-refractivity contribution in [3.63, 3.8) is 0 Å². The van der Waals surface area contributed by atoms with E-state index in [9.17, 15) is 0 Å². The van der Waals surface area contributed by atoms with E-state index < -0.39 is 0 Å². The number of hydrogen-bond donors (Lipinski definition) is 1. The number of piperidine rings is 1. The van der Waals surface area contributed by atoms with Crippen molar-refractivity contribution in [2.75, 3.05) is 33.3 Å². The highest BCUT2D eigenvalue weighted by Gasteiger charge is 2.28. The van der Waals surface area contributed by atoms with Crippen LogP contribution >= 0.6 is 0 Å². The summed E-state index contributed by atoms with van der Waals surface area (Å²) >= 11 is 0. The third-order valence-corrected chi connectivity index (χ3v) is 4.39. The summed E-state index contributed by atoms with van der Waals surface area (Å²) in [4.78, 5) is 2.42. The zero-order valence-corrected chi connectivity index (χ0v) is 13.4. The van der Waals surface area contributed by atoms with Gasteiger partial charge in [-0.2, -0.15) is 0 Å². The Morgan fingerprint density at radius 3 is 2.76 bits per heavy atom.